The Balaban J connectivity index is 1.66. The van der Waals surface area contributed by atoms with Crippen molar-refractivity contribution in [1.82, 2.24) is 9.97 Å². The SMILES string of the molecule is COc1ccc(NC(=O)CS(=O)(=O)c2[nH]c(-c3ccccc3)nc2-c2ccc(F)cc2)cc1. The highest BCUT2D eigenvalue weighted by Gasteiger charge is 2.27. The van der Waals surface area contributed by atoms with Crippen molar-refractivity contribution < 1.29 is 22.3 Å². The van der Waals surface area contributed by atoms with Gasteiger partial charge in [-0.1, -0.05) is 30.3 Å². The van der Waals surface area contributed by atoms with Crippen LogP contribution in [0.5, 0.6) is 5.75 Å². The zero-order chi connectivity index (χ0) is 23.4. The van der Waals surface area contributed by atoms with Gasteiger partial charge in [-0.2, -0.15) is 0 Å². The number of benzene rings is 3. The third-order valence-electron chi connectivity index (χ3n) is 4.84. The molecule has 33 heavy (non-hydrogen) atoms. The molecule has 3 aromatic carbocycles. The molecule has 0 saturated heterocycles. The Morgan fingerprint density at radius 1 is 0.970 bits per heavy atom. The Kier molecular flexibility index (Phi) is 6.23. The van der Waals surface area contributed by atoms with Gasteiger partial charge in [0, 0.05) is 16.8 Å². The highest BCUT2D eigenvalue weighted by Crippen LogP contribution is 2.30. The average Bonchev–Trinajstić information content (AvgIpc) is 3.27. The van der Waals surface area contributed by atoms with Crippen molar-refractivity contribution in [3.63, 3.8) is 0 Å². The van der Waals surface area contributed by atoms with Gasteiger partial charge in [-0.3, -0.25) is 4.79 Å². The zero-order valence-electron chi connectivity index (χ0n) is 17.6. The number of halogens is 1. The lowest BCUT2D eigenvalue weighted by Crippen LogP contribution is -2.23. The summed E-state index contributed by atoms with van der Waals surface area (Å²) in [6, 6.07) is 20.8. The minimum absolute atomic E-state index is 0.117. The zero-order valence-corrected chi connectivity index (χ0v) is 18.4. The molecular formula is C24H20FN3O4S. The van der Waals surface area contributed by atoms with Crippen LogP contribution in [0, 0.1) is 5.82 Å². The van der Waals surface area contributed by atoms with Gasteiger partial charge in [0.05, 0.1) is 7.11 Å². The summed E-state index contributed by atoms with van der Waals surface area (Å²) in [5.41, 5.74) is 1.63. The highest BCUT2D eigenvalue weighted by atomic mass is 32.2. The number of carbonyl (C=O) groups is 1. The molecule has 168 valence electrons. The molecule has 0 bridgehead atoms. The predicted octanol–water partition coefficient (Wildman–Crippen LogP) is 4.30. The molecule has 0 unspecified atom stereocenters. The third kappa shape index (κ3) is 5.09. The molecule has 0 aliphatic rings. The van der Waals surface area contributed by atoms with Crippen molar-refractivity contribution in [3.8, 4) is 28.4 Å². The lowest BCUT2D eigenvalue weighted by molar-refractivity contribution is -0.113. The molecule has 0 aliphatic heterocycles. The summed E-state index contributed by atoms with van der Waals surface area (Å²) in [7, 11) is -2.60. The Labute approximate surface area is 190 Å². The monoisotopic (exact) mass is 465 g/mol. The van der Waals surface area contributed by atoms with E-state index in [2.05, 4.69) is 15.3 Å². The van der Waals surface area contributed by atoms with Crippen LogP contribution in [0.1, 0.15) is 0 Å². The van der Waals surface area contributed by atoms with Gasteiger partial charge in [0.2, 0.25) is 15.7 Å². The maximum atomic E-state index is 13.4. The largest absolute Gasteiger partial charge is 0.497 e. The van der Waals surface area contributed by atoms with E-state index in [4.69, 9.17) is 4.74 Å². The van der Waals surface area contributed by atoms with Gasteiger partial charge >= 0.3 is 0 Å². The number of imidazole rings is 1. The van der Waals surface area contributed by atoms with Crippen LogP contribution in [-0.4, -0.2) is 37.2 Å². The Bertz CT molecular complexity index is 1370. The number of aromatic amines is 1. The van der Waals surface area contributed by atoms with Crippen molar-refractivity contribution in [2.75, 3.05) is 18.2 Å². The normalized spacial score (nSPS) is 11.2. The van der Waals surface area contributed by atoms with Gasteiger partial charge in [0.1, 0.15) is 28.8 Å². The van der Waals surface area contributed by atoms with Gasteiger partial charge < -0.3 is 15.0 Å². The number of hydrogen-bond donors (Lipinski definition) is 2. The molecule has 1 heterocycles. The lowest BCUT2D eigenvalue weighted by atomic mass is 10.2. The molecule has 4 rings (SSSR count). The average molecular weight is 466 g/mol. The Morgan fingerprint density at radius 3 is 2.27 bits per heavy atom. The van der Waals surface area contributed by atoms with E-state index in [0.717, 1.165) is 0 Å². The van der Waals surface area contributed by atoms with Crippen molar-refractivity contribution in [3.05, 3.63) is 84.7 Å². The van der Waals surface area contributed by atoms with Crippen LogP contribution in [-0.2, 0) is 14.6 Å². The van der Waals surface area contributed by atoms with Gasteiger partial charge in [-0.25, -0.2) is 17.8 Å². The number of carbonyl (C=O) groups excluding carboxylic acids is 1. The highest BCUT2D eigenvalue weighted by molar-refractivity contribution is 7.92. The summed E-state index contributed by atoms with van der Waals surface area (Å²) in [4.78, 5) is 19.8. The van der Waals surface area contributed by atoms with Gasteiger partial charge in [0.15, 0.2) is 5.03 Å². The quantitative estimate of drug-likeness (QED) is 0.424. The number of rotatable bonds is 7. The molecule has 0 fully saturated rings. The number of anilines is 1. The number of H-pyrrole nitrogens is 1. The number of methoxy groups -OCH3 is 1. The van der Waals surface area contributed by atoms with E-state index >= 15 is 0 Å². The summed E-state index contributed by atoms with van der Waals surface area (Å²) in [6.45, 7) is 0. The summed E-state index contributed by atoms with van der Waals surface area (Å²) >= 11 is 0. The van der Waals surface area contributed by atoms with E-state index in [0.29, 0.717) is 28.4 Å². The van der Waals surface area contributed by atoms with Gasteiger partial charge in [0.25, 0.3) is 0 Å². The van der Waals surface area contributed by atoms with Gasteiger partial charge in [-0.05, 0) is 48.5 Å². The standard InChI is InChI=1S/C24H20FN3O4S/c1-32-20-13-11-19(12-14-20)26-21(29)15-33(30,31)24-22(16-7-9-18(25)10-8-16)27-23(28-24)17-5-3-2-4-6-17/h2-14H,15H2,1H3,(H,26,29)(H,27,28). The van der Waals surface area contributed by atoms with E-state index in [9.17, 15) is 17.6 Å². The Morgan fingerprint density at radius 2 is 1.64 bits per heavy atom. The fraction of sp³-hybridized carbons (Fsp3) is 0.0833. The Hall–Kier alpha value is -3.98. The minimum atomic E-state index is -4.12. The fourth-order valence-corrected chi connectivity index (χ4v) is 4.51. The van der Waals surface area contributed by atoms with Crippen molar-refractivity contribution >= 4 is 21.4 Å². The van der Waals surface area contributed by atoms with E-state index in [-0.39, 0.29) is 10.7 Å². The maximum absolute atomic E-state index is 13.4. The molecule has 0 spiro atoms. The van der Waals surface area contributed by atoms with Crippen molar-refractivity contribution in [1.29, 1.82) is 0 Å². The van der Waals surface area contributed by atoms with Crippen LogP contribution in [0.15, 0.2) is 83.9 Å². The molecule has 7 nitrogen and oxygen atoms in total. The fourth-order valence-electron chi connectivity index (χ4n) is 3.23. The summed E-state index contributed by atoms with van der Waals surface area (Å²) in [6.07, 6.45) is 0. The number of aromatic nitrogens is 2. The second-order valence-electron chi connectivity index (χ2n) is 7.17. The van der Waals surface area contributed by atoms with Crippen molar-refractivity contribution in [2.45, 2.75) is 5.03 Å². The second-order valence-corrected chi connectivity index (χ2v) is 9.10. The number of nitrogens with zero attached hydrogens (tertiary/aromatic N) is 1. The first-order valence-electron chi connectivity index (χ1n) is 9.94. The number of sulfone groups is 1. The van der Waals surface area contributed by atoms with Crippen LogP contribution >= 0.6 is 0 Å². The first kappa shape index (κ1) is 22.2. The molecule has 0 radical (unpaired) electrons. The lowest BCUT2D eigenvalue weighted by Gasteiger charge is -2.08. The van der Waals surface area contributed by atoms with E-state index < -0.39 is 27.3 Å². The molecule has 0 saturated carbocycles. The summed E-state index contributed by atoms with van der Waals surface area (Å²) < 4.78 is 44.9. The first-order chi connectivity index (χ1) is 15.9. The maximum Gasteiger partial charge on any atom is 0.240 e. The molecule has 9 heteroatoms. The van der Waals surface area contributed by atoms with Crippen molar-refractivity contribution in [2.24, 2.45) is 0 Å². The molecule has 1 amide bonds. The van der Waals surface area contributed by atoms with Crippen LogP contribution in [0.25, 0.3) is 22.6 Å². The topological polar surface area (TPSA) is 101 Å². The van der Waals surface area contributed by atoms with Crippen LogP contribution < -0.4 is 10.1 Å². The number of nitrogens with one attached hydrogen (secondary N) is 2. The van der Waals surface area contributed by atoms with Crippen LogP contribution in [0.2, 0.25) is 0 Å². The molecule has 0 atom stereocenters. The second kappa shape index (κ2) is 9.25. The number of amides is 1. The summed E-state index contributed by atoms with van der Waals surface area (Å²) in [5, 5.41) is 2.36. The van der Waals surface area contributed by atoms with E-state index in [1.807, 2.05) is 6.07 Å². The molecule has 0 aliphatic carbocycles. The molecule has 4 aromatic rings. The molecule has 2 N–H and O–H groups in total. The van der Waals surface area contributed by atoms with E-state index in [1.54, 1.807) is 48.5 Å². The molecular weight excluding hydrogens is 445 g/mol. The smallest absolute Gasteiger partial charge is 0.240 e. The van der Waals surface area contributed by atoms with Crippen LogP contribution in [0.4, 0.5) is 10.1 Å². The summed E-state index contributed by atoms with van der Waals surface area (Å²) in [5.74, 6) is -1.04. The number of ether oxygens (including phenoxy) is 1. The van der Waals surface area contributed by atoms with Crippen LogP contribution in [0.3, 0.4) is 0 Å². The van der Waals surface area contributed by atoms with Gasteiger partial charge in [-0.15, -0.1) is 0 Å². The number of hydrogen-bond acceptors (Lipinski definition) is 5. The minimum Gasteiger partial charge on any atom is -0.497 e. The molecule has 1 aromatic heterocycles. The third-order valence-corrected chi connectivity index (χ3v) is 6.40. The predicted molar refractivity (Wildman–Crippen MR) is 123 cm³/mol. The van der Waals surface area contributed by atoms with E-state index in [1.165, 1.54) is 31.4 Å². The first-order valence-corrected chi connectivity index (χ1v) is 11.6.